The summed E-state index contributed by atoms with van der Waals surface area (Å²) in [4.78, 5) is 30.3. The SMILES string of the molecule is CCS(=O)(=O)c1ncn2cc(C3=C(C(=O)[O-])N4C(=O)[C@H]([C@@H](C)O)[C@H]4[C@H]3C)sc12.[Na+]. The molecule has 2 aliphatic heterocycles. The van der Waals surface area contributed by atoms with Gasteiger partial charge in [0.1, 0.15) is 11.2 Å². The van der Waals surface area contributed by atoms with Crippen molar-refractivity contribution < 1.29 is 57.8 Å². The second-order valence-electron chi connectivity index (χ2n) is 7.06. The standard InChI is InChI=1S/C17H19N3O6S2.Na/c1-4-28(25,26)14-16-19(6-18-14)5-9(27-16)10-7(2)12-11(8(3)21)15(22)20(12)13(10)17(23)24;/h5-8,11-12,21H,4H2,1-3H3,(H,23,24);/q;+1/p-1/t7-,8+,11+,12+;/m0./s1. The molecule has 1 N–H and O–H groups in total. The van der Waals surface area contributed by atoms with Crippen LogP contribution in [0.1, 0.15) is 25.6 Å². The van der Waals surface area contributed by atoms with E-state index in [9.17, 15) is 28.2 Å². The zero-order chi connectivity index (χ0) is 20.5. The molecule has 1 fully saturated rings. The van der Waals surface area contributed by atoms with Crippen LogP contribution in [0.25, 0.3) is 10.4 Å². The molecule has 2 aliphatic rings. The molecule has 4 heterocycles. The number of carboxylic acid groups (broad SMARTS) is 1. The number of hydrogen-bond donors (Lipinski definition) is 1. The molecule has 0 radical (unpaired) electrons. The second kappa shape index (κ2) is 7.47. The Labute approximate surface area is 193 Å². The molecule has 0 spiro atoms. The van der Waals surface area contributed by atoms with Gasteiger partial charge in [-0.3, -0.25) is 9.20 Å². The van der Waals surface area contributed by atoms with E-state index in [0.717, 1.165) is 11.3 Å². The van der Waals surface area contributed by atoms with Crippen LogP contribution < -0.4 is 34.7 Å². The first-order chi connectivity index (χ1) is 13.1. The average Bonchev–Trinajstić information content (AvgIpc) is 3.24. The second-order valence-corrected chi connectivity index (χ2v) is 10.3. The number of aliphatic hydroxyl groups excluding tert-OH is 1. The zero-order valence-corrected chi connectivity index (χ0v) is 20.0. The van der Waals surface area contributed by atoms with Crippen LogP contribution in [0.2, 0.25) is 0 Å². The maximum atomic E-state index is 12.4. The topological polar surface area (TPSA) is 132 Å². The fourth-order valence-corrected chi connectivity index (χ4v) is 6.61. The summed E-state index contributed by atoms with van der Waals surface area (Å²) in [6.07, 6.45) is 2.09. The number of imidazole rings is 1. The third-order valence-electron chi connectivity index (χ3n) is 5.49. The number of fused-ring (bicyclic) bond motifs is 2. The van der Waals surface area contributed by atoms with Crippen LogP contribution in [0.3, 0.4) is 0 Å². The molecule has 29 heavy (non-hydrogen) atoms. The number of sulfone groups is 1. The molecule has 150 valence electrons. The van der Waals surface area contributed by atoms with Crippen molar-refractivity contribution in [3.05, 3.63) is 23.1 Å². The Morgan fingerprint density at radius 1 is 1.45 bits per heavy atom. The fraction of sp³-hybridized carbons (Fsp3) is 0.471. The molecule has 2 aromatic heterocycles. The van der Waals surface area contributed by atoms with Crippen molar-refractivity contribution in [1.29, 1.82) is 0 Å². The molecular formula is C17H18N3NaO6S2. The number of amides is 1. The maximum Gasteiger partial charge on any atom is 1.00 e. The number of β-lactam (4-membered cyclic amide) rings is 1. The summed E-state index contributed by atoms with van der Waals surface area (Å²) < 4.78 is 26.0. The number of thiazole rings is 1. The predicted octanol–water partition coefficient (Wildman–Crippen LogP) is -3.49. The normalized spacial score (nSPS) is 25.0. The number of nitrogens with zero attached hydrogens (tertiary/aromatic N) is 3. The molecule has 4 atom stereocenters. The van der Waals surface area contributed by atoms with Crippen LogP contribution in [-0.4, -0.2) is 57.6 Å². The van der Waals surface area contributed by atoms with Gasteiger partial charge < -0.3 is 19.9 Å². The van der Waals surface area contributed by atoms with Crippen molar-refractivity contribution in [2.75, 3.05) is 5.75 Å². The first-order valence-corrected chi connectivity index (χ1v) is 11.2. The Bertz CT molecular complexity index is 1150. The number of carbonyl (C=O) groups is 2. The summed E-state index contributed by atoms with van der Waals surface area (Å²) >= 11 is 1.11. The number of carboxylic acids is 1. The van der Waals surface area contributed by atoms with E-state index in [4.69, 9.17) is 0 Å². The van der Waals surface area contributed by atoms with Gasteiger partial charge in [0.2, 0.25) is 5.91 Å². The molecule has 0 unspecified atom stereocenters. The van der Waals surface area contributed by atoms with Gasteiger partial charge in [-0.05, 0) is 6.92 Å². The molecule has 9 nitrogen and oxygen atoms in total. The number of rotatable bonds is 5. The van der Waals surface area contributed by atoms with Crippen LogP contribution in [0, 0.1) is 11.8 Å². The molecule has 0 bridgehead atoms. The zero-order valence-electron chi connectivity index (χ0n) is 16.3. The first-order valence-electron chi connectivity index (χ1n) is 8.76. The van der Waals surface area contributed by atoms with Gasteiger partial charge in [-0.2, -0.15) is 0 Å². The Morgan fingerprint density at radius 3 is 2.66 bits per heavy atom. The molecule has 1 amide bonds. The van der Waals surface area contributed by atoms with Crippen molar-refractivity contribution in [3.8, 4) is 0 Å². The summed E-state index contributed by atoms with van der Waals surface area (Å²) in [6, 6.07) is -0.464. The quantitative estimate of drug-likeness (QED) is 0.372. The van der Waals surface area contributed by atoms with E-state index in [1.807, 2.05) is 0 Å². The molecule has 2 aromatic rings. The van der Waals surface area contributed by atoms with E-state index in [0.29, 0.717) is 15.3 Å². The van der Waals surface area contributed by atoms with E-state index >= 15 is 0 Å². The van der Waals surface area contributed by atoms with Gasteiger partial charge in [-0.25, -0.2) is 13.4 Å². The molecular weight excluding hydrogens is 429 g/mol. The molecule has 0 aliphatic carbocycles. The van der Waals surface area contributed by atoms with E-state index in [1.165, 1.54) is 25.1 Å². The predicted molar refractivity (Wildman–Crippen MR) is 97.7 cm³/mol. The Hall–Kier alpha value is -1.24. The van der Waals surface area contributed by atoms with Crippen LogP contribution in [0.4, 0.5) is 0 Å². The minimum absolute atomic E-state index is 0. The summed E-state index contributed by atoms with van der Waals surface area (Å²) in [7, 11) is -3.54. The van der Waals surface area contributed by atoms with Crippen LogP contribution in [0.5, 0.6) is 0 Å². The van der Waals surface area contributed by atoms with Crippen LogP contribution >= 0.6 is 11.3 Å². The molecule has 12 heteroatoms. The minimum Gasteiger partial charge on any atom is -0.543 e. The number of hydrogen-bond acceptors (Lipinski definition) is 8. The van der Waals surface area contributed by atoms with Crippen LogP contribution in [0.15, 0.2) is 23.2 Å². The van der Waals surface area contributed by atoms with Gasteiger partial charge in [0.25, 0.3) is 0 Å². The van der Waals surface area contributed by atoms with Crippen molar-refractivity contribution in [1.82, 2.24) is 14.3 Å². The van der Waals surface area contributed by atoms with Gasteiger partial charge >= 0.3 is 29.6 Å². The van der Waals surface area contributed by atoms with Gasteiger partial charge in [-0.1, -0.05) is 13.8 Å². The van der Waals surface area contributed by atoms with Gasteiger partial charge in [0.15, 0.2) is 14.9 Å². The number of aliphatic hydroxyl groups is 1. The van der Waals surface area contributed by atoms with Gasteiger partial charge in [0, 0.05) is 17.7 Å². The summed E-state index contributed by atoms with van der Waals surface area (Å²) in [5.41, 5.74) is 0.201. The Morgan fingerprint density at radius 2 is 2.10 bits per heavy atom. The summed E-state index contributed by atoms with van der Waals surface area (Å²) in [5.74, 6) is -3.05. The maximum absolute atomic E-state index is 12.4. The van der Waals surface area contributed by atoms with Crippen molar-refractivity contribution in [2.24, 2.45) is 11.8 Å². The molecule has 0 aromatic carbocycles. The van der Waals surface area contributed by atoms with E-state index in [2.05, 4.69) is 4.98 Å². The fourth-order valence-electron chi connectivity index (χ4n) is 4.14. The number of carbonyl (C=O) groups excluding carboxylic acids is 2. The van der Waals surface area contributed by atoms with Gasteiger partial charge in [-0.15, -0.1) is 11.3 Å². The average molecular weight is 447 g/mol. The molecule has 0 saturated carbocycles. The summed E-state index contributed by atoms with van der Waals surface area (Å²) in [6.45, 7) is 4.82. The molecule has 1 saturated heterocycles. The number of aromatic nitrogens is 2. The summed E-state index contributed by atoms with van der Waals surface area (Å²) in [5, 5.41) is 21.7. The number of aliphatic carboxylic acids is 1. The van der Waals surface area contributed by atoms with Crippen molar-refractivity contribution in [3.63, 3.8) is 0 Å². The Kier molecular flexibility index (Phi) is 5.78. The van der Waals surface area contributed by atoms with E-state index in [-0.39, 0.29) is 52.0 Å². The van der Waals surface area contributed by atoms with E-state index in [1.54, 1.807) is 17.5 Å². The Balaban J connectivity index is 0.00000240. The van der Waals surface area contributed by atoms with E-state index < -0.39 is 39.8 Å². The van der Waals surface area contributed by atoms with Gasteiger partial charge in [0.05, 0.1) is 40.4 Å². The smallest absolute Gasteiger partial charge is 0.543 e. The largest absolute Gasteiger partial charge is 1.00 e. The minimum atomic E-state index is -3.54. The third kappa shape index (κ3) is 3.10. The van der Waals surface area contributed by atoms with Crippen molar-refractivity contribution >= 4 is 43.5 Å². The monoisotopic (exact) mass is 447 g/mol. The van der Waals surface area contributed by atoms with Crippen LogP contribution in [-0.2, 0) is 19.4 Å². The third-order valence-corrected chi connectivity index (χ3v) is 8.41. The first kappa shape index (κ1) is 22.4. The molecule has 4 rings (SSSR count). The van der Waals surface area contributed by atoms with Crippen molar-refractivity contribution in [2.45, 2.75) is 37.9 Å².